The van der Waals surface area contributed by atoms with E-state index >= 15 is 0 Å². The summed E-state index contributed by atoms with van der Waals surface area (Å²) in [6.07, 6.45) is 0. The Morgan fingerprint density at radius 2 is 1.58 bits per heavy atom. The van der Waals surface area contributed by atoms with Crippen molar-refractivity contribution in [2.24, 2.45) is 0 Å². The molecule has 38 heavy (non-hydrogen) atoms. The lowest BCUT2D eigenvalue weighted by atomic mass is 10.1. The van der Waals surface area contributed by atoms with Crippen LogP contribution in [0.5, 0.6) is 5.75 Å². The van der Waals surface area contributed by atoms with Gasteiger partial charge in [-0.1, -0.05) is 48.5 Å². The zero-order valence-corrected chi connectivity index (χ0v) is 21.2. The van der Waals surface area contributed by atoms with Crippen molar-refractivity contribution >= 4 is 27.3 Å². The van der Waals surface area contributed by atoms with Crippen molar-refractivity contribution < 1.29 is 27.1 Å². The molecule has 0 spiro atoms. The summed E-state index contributed by atoms with van der Waals surface area (Å²) in [4.78, 5) is 27.7. The molecule has 192 valence electrons. The van der Waals surface area contributed by atoms with Gasteiger partial charge in [0, 0.05) is 23.2 Å². The lowest BCUT2D eigenvalue weighted by molar-refractivity contribution is 0.0947. The normalized spacial score (nSPS) is 13.7. The maximum absolute atomic E-state index is 14.6. The highest BCUT2D eigenvalue weighted by Gasteiger charge is 2.36. The van der Waals surface area contributed by atoms with Crippen LogP contribution in [0.2, 0.25) is 0 Å². The molecule has 2 amide bonds. The number of benzene rings is 4. The minimum atomic E-state index is -4.12. The van der Waals surface area contributed by atoms with Crippen LogP contribution >= 0.6 is 0 Å². The van der Waals surface area contributed by atoms with Gasteiger partial charge in [0.1, 0.15) is 11.6 Å². The molecule has 9 heteroatoms. The van der Waals surface area contributed by atoms with Crippen LogP contribution in [0.25, 0.3) is 0 Å². The van der Waals surface area contributed by atoms with Crippen LogP contribution in [0.3, 0.4) is 0 Å². The summed E-state index contributed by atoms with van der Waals surface area (Å²) >= 11 is 0. The molecule has 1 aliphatic heterocycles. The van der Waals surface area contributed by atoms with Crippen LogP contribution in [0.1, 0.15) is 31.8 Å². The SMILES string of the molecule is COc1ccccc1CNC(=O)c1ccc2c(c1)N(Cc1ccccc1F)C(=O)c1ccccc1S2(=O)=O. The topological polar surface area (TPSA) is 92.8 Å². The predicted octanol–water partition coefficient (Wildman–Crippen LogP) is 4.76. The molecular formula is C29H23FN2O5S. The van der Waals surface area contributed by atoms with Gasteiger partial charge in [0.25, 0.3) is 11.8 Å². The Morgan fingerprint density at radius 3 is 2.34 bits per heavy atom. The van der Waals surface area contributed by atoms with Crippen molar-refractivity contribution in [2.45, 2.75) is 22.9 Å². The molecule has 7 nitrogen and oxygen atoms in total. The molecule has 4 aromatic rings. The quantitative estimate of drug-likeness (QED) is 0.388. The predicted molar refractivity (Wildman–Crippen MR) is 139 cm³/mol. The summed E-state index contributed by atoms with van der Waals surface area (Å²) in [7, 11) is -2.58. The molecule has 0 saturated heterocycles. The average Bonchev–Trinajstić information content (AvgIpc) is 3.00. The van der Waals surface area contributed by atoms with Crippen molar-refractivity contribution in [3.8, 4) is 5.75 Å². The number of nitrogens with one attached hydrogen (secondary N) is 1. The third-order valence-corrected chi connectivity index (χ3v) is 8.23. The van der Waals surface area contributed by atoms with Gasteiger partial charge in [-0.15, -0.1) is 0 Å². The second kappa shape index (κ2) is 10.1. The Bertz CT molecular complexity index is 1670. The lowest BCUT2D eigenvalue weighted by Crippen LogP contribution is -2.31. The van der Waals surface area contributed by atoms with E-state index < -0.39 is 27.5 Å². The van der Waals surface area contributed by atoms with Crippen molar-refractivity contribution in [1.82, 2.24) is 5.32 Å². The molecule has 5 rings (SSSR count). The van der Waals surface area contributed by atoms with Gasteiger partial charge >= 0.3 is 0 Å². The highest BCUT2D eigenvalue weighted by Crippen LogP contribution is 2.38. The molecule has 0 saturated carbocycles. The number of anilines is 1. The number of para-hydroxylation sites is 1. The Morgan fingerprint density at radius 1 is 0.895 bits per heavy atom. The van der Waals surface area contributed by atoms with Gasteiger partial charge in [0.2, 0.25) is 9.84 Å². The van der Waals surface area contributed by atoms with Crippen LogP contribution in [0, 0.1) is 5.82 Å². The van der Waals surface area contributed by atoms with E-state index in [1.807, 2.05) is 18.2 Å². The first-order valence-corrected chi connectivity index (χ1v) is 13.2. The van der Waals surface area contributed by atoms with E-state index in [0.29, 0.717) is 5.75 Å². The minimum absolute atomic E-state index is 0.000560. The number of rotatable bonds is 6. The van der Waals surface area contributed by atoms with E-state index in [1.165, 1.54) is 66.6 Å². The van der Waals surface area contributed by atoms with E-state index in [4.69, 9.17) is 4.74 Å². The van der Waals surface area contributed by atoms with Crippen molar-refractivity contribution in [3.05, 3.63) is 119 Å². The minimum Gasteiger partial charge on any atom is -0.496 e. The Labute approximate surface area is 219 Å². The molecule has 0 radical (unpaired) electrons. The van der Waals surface area contributed by atoms with Gasteiger partial charge in [0.05, 0.1) is 34.7 Å². The zero-order chi connectivity index (χ0) is 26.9. The summed E-state index contributed by atoms with van der Waals surface area (Å²) in [5.41, 5.74) is 1.08. The summed E-state index contributed by atoms with van der Waals surface area (Å²) in [5.74, 6) is -1.01. The standard InChI is InChI=1S/C29H23FN2O5S/c1-37-25-12-6-3-8-20(25)17-31-28(33)19-14-15-27-24(16-19)32(18-21-9-2-5-11-23(21)30)29(34)22-10-4-7-13-26(22)38(27,35)36/h2-16H,17-18H2,1H3,(H,31,33). The number of sulfone groups is 1. The van der Waals surface area contributed by atoms with Crippen molar-refractivity contribution in [1.29, 1.82) is 0 Å². The zero-order valence-electron chi connectivity index (χ0n) is 20.3. The first-order valence-electron chi connectivity index (χ1n) is 11.7. The molecule has 4 aromatic carbocycles. The van der Waals surface area contributed by atoms with Crippen LogP contribution in [-0.2, 0) is 22.9 Å². The van der Waals surface area contributed by atoms with E-state index in [1.54, 1.807) is 18.2 Å². The third kappa shape index (κ3) is 4.52. The van der Waals surface area contributed by atoms with E-state index in [0.717, 1.165) is 5.56 Å². The molecule has 1 heterocycles. The van der Waals surface area contributed by atoms with Crippen molar-refractivity contribution in [2.75, 3.05) is 12.0 Å². The van der Waals surface area contributed by atoms with Gasteiger partial charge in [0.15, 0.2) is 0 Å². The van der Waals surface area contributed by atoms with Crippen LogP contribution < -0.4 is 15.0 Å². The number of amides is 2. The second-order valence-corrected chi connectivity index (χ2v) is 10.5. The second-order valence-electron chi connectivity index (χ2n) is 8.66. The number of hydrogen-bond donors (Lipinski definition) is 1. The number of hydrogen-bond acceptors (Lipinski definition) is 5. The first kappa shape index (κ1) is 25.2. The lowest BCUT2D eigenvalue weighted by Gasteiger charge is -2.24. The number of fused-ring (bicyclic) bond motifs is 2. The fraction of sp³-hybridized carbons (Fsp3) is 0.103. The van der Waals surface area contributed by atoms with Gasteiger partial charge in [-0.3, -0.25) is 9.59 Å². The number of ether oxygens (including phenoxy) is 1. The monoisotopic (exact) mass is 530 g/mol. The molecule has 0 aromatic heterocycles. The fourth-order valence-corrected chi connectivity index (χ4v) is 6.06. The highest BCUT2D eigenvalue weighted by atomic mass is 32.2. The molecule has 0 fully saturated rings. The number of nitrogens with zero attached hydrogens (tertiary/aromatic N) is 1. The first-order chi connectivity index (χ1) is 18.3. The summed E-state index contributed by atoms with van der Waals surface area (Å²) in [5, 5.41) is 2.80. The number of carbonyl (C=O) groups excluding carboxylic acids is 2. The Balaban J connectivity index is 1.58. The molecule has 1 aliphatic rings. The van der Waals surface area contributed by atoms with Gasteiger partial charge in [-0.05, 0) is 42.5 Å². The molecular weight excluding hydrogens is 507 g/mol. The van der Waals surface area contributed by atoms with Gasteiger partial charge in [-0.2, -0.15) is 0 Å². The maximum atomic E-state index is 14.6. The highest BCUT2D eigenvalue weighted by molar-refractivity contribution is 7.91. The van der Waals surface area contributed by atoms with Gasteiger partial charge < -0.3 is 15.0 Å². The molecule has 0 aliphatic carbocycles. The number of carbonyl (C=O) groups is 2. The number of methoxy groups -OCH3 is 1. The summed E-state index contributed by atoms with van der Waals surface area (Å²) in [6.45, 7) is -0.0593. The fourth-order valence-electron chi connectivity index (χ4n) is 4.43. The largest absolute Gasteiger partial charge is 0.496 e. The van der Waals surface area contributed by atoms with E-state index in [9.17, 15) is 22.4 Å². The molecule has 0 unspecified atom stereocenters. The molecule has 1 N–H and O–H groups in total. The average molecular weight is 531 g/mol. The van der Waals surface area contributed by atoms with E-state index in [-0.39, 0.29) is 45.3 Å². The van der Waals surface area contributed by atoms with E-state index in [2.05, 4.69) is 5.32 Å². The Hall–Kier alpha value is -4.50. The Kier molecular flexibility index (Phi) is 6.69. The maximum Gasteiger partial charge on any atom is 0.259 e. The smallest absolute Gasteiger partial charge is 0.259 e. The number of halogens is 1. The van der Waals surface area contributed by atoms with Gasteiger partial charge in [-0.25, -0.2) is 12.8 Å². The van der Waals surface area contributed by atoms with Crippen LogP contribution in [0.15, 0.2) is 101 Å². The third-order valence-electron chi connectivity index (χ3n) is 6.37. The van der Waals surface area contributed by atoms with Crippen LogP contribution in [-0.4, -0.2) is 27.3 Å². The summed E-state index contributed by atoms with van der Waals surface area (Å²) in [6, 6.07) is 23.1. The van der Waals surface area contributed by atoms with Crippen LogP contribution in [0.4, 0.5) is 10.1 Å². The molecule has 0 bridgehead atoms. The molecule has 0 atom stereocenters. The van der Waals surface area contributed by atoms with Crippen molar-refractivity contribution in [3.63, 3.8) is 0 Å². The summed E-state index contributed by atoms with van der Waals surface area (Å²) < 4.78 is 47.2.